The van der Waals surface area contributed by atoms with Crippen molar-refractivity contribution in [3.63, 3.8) is 0 Å². The molecular weight excluding hydrogens is 394 g/mol. The normalized spacial score (nSPS) is 25.7. The lowest BCUT2D eigenvalue weighted by Gasteiger charge is -2.33. The van der Waals surface area contributed by atoms with Gasteiger partial charge in [-0.05, 0) is 48.4 Å². The van der Waals surface area contributed by atoms with Gasteiger partial charge in [-0.15, -0.1) is 0 Å². The molecule has 0 unspecified atom stereocenters. The van der Waals surface area contributed by atoms with Gasteiger partial charge in [0.15, 0.2) is 0 Å². The molecule has 2 aromatic carbocycles. The van der Waals surface area contributed by atoms with Crippen LogP contribution in [0.2, 0.25) is 0 Å². The SMILES string of the molecule is CCOC(=O)c1ccc(N2C(=O)[C@@H]3[C@@H](C2=O)[C@H]2c4ccccc4C=CN2[C@@H]3C#N)cc1. The lowest BCUT2D eigenvalue weighted by molar-refractivity contribution is -0.123. The highest BCUT2D eigenvalue weighted by Gasteiger charge is 2.63. The Balaban J connectivity index is 1.52. The van der Waals surface area contributed by atoms with Crippen LogP contribution in [0.3, 0.4) is 0 Å². The molecule has 7 heteroatoms. The smallest absolute Gasteiger partial charge is 0.338 e. The van der Waals surface area contributed by atoms with Crippen molar-refractivity contribution >= 4 is 29.5 Å². The van der Waals surface area contributed by atoms with Crippen molar-refractivity contribution < 1.29 is 19.1 Å². The van der Waals surface area contributed by atoms with Crippen LogP contribution in [0, 0.1) is 23.2 Å². The molecule has 3 aliphatic heterocycles. The third-order valence-electron chi connectivity index (χ3n) is 6.23. The summed E-state index contributed by atoms with van der Waals surface area (Å²) in [5.41, 5.74) is 2.66. The Hall–Kier alpha value is -3.92. The number of nitriles is 1. The van der Waals surface area contributed by atoms with Crippen LogP contribution in [0.15, 0.2) is 54.7 Å². The second-order valence-corrected chi connectivity index (χ2v) is 7.74. The van der Waals surface area contributed by atoms with E-state index >= 15 is 0 Å². The number of anilines is 1. The van der Waals surface area contributed by atoms with Crippen molar-refractivity contribution in [3.05, 3.63) is 71.4 Å². The monoisotopic (exact) mass is 413 g/mol. The number of hydrogen-bond donors (Lipinski definition) is 0. The molecule has 2 fully saturated rings. The van der Waals surface area contributed by atoms with Crippen molar-refractivity contribution in [1.82, 2.24) is 4.90 Å². The molecule has 0 saturated carbocycles. The van der Waals surface area contributed by atoms with Gasteiger partial charge in [-0.25, -0.2) is 9.69 Å². The van der Waals surface area contributed by atoms with Crippen molar-refractivity contribution in [1.29, 1.82) is 5.26 Å². The van der Waals surface area contributed by atoms with E-state index in [4.69, 9.17) is 4.74 Å². The summed E-state index contributed by atoms with van der Waals surface area (Å²) < 4.78 is 4.98. The molecule has 4 atom stereocenters. The number of ether oxygens (including phenoxy) is 1. The molecule has 2 aromatic rings. The van der Waals surface area contributed by atoms with Crippen LogP contribution >= 0.6 is 0 Å². The maximum absolute atomic E-state index is 13.5. The molecule has 3 heterocycles. The van der Waals surface area contributed by atoms with Gasteiger partial charge in [0.25, 0.3) is 0 Å². The third-order valence-corrected chi connectivity index (χ3v) is 6.23. The number of benzene rings is 2. The van der Waals surface area contributed by atoms with Crippen LogP contribution in [0.4, 0.5) is 5.69 Å². The summed E-state index contributed by atoms with van der Waals surface area (Å²) in [6.07, 6.45) is 3.73. The van der Waals surface area contributed by atoms with Gasteiger partial charge in [0.2, 0.25) is 11.8 Å². The van der Waals surface area contributed by atoms with E-state index in [0.717, 1.165) is 16.0 Å². The maximum atomic E-state index is 13.5. The standard InChI is InChI=1S/C24H19N3O4/c1-2-31-24(30)15-7-9-16(10-8-15)27-22(28)19-18(13-25)26-12-11-14-5-3-4-6-17(14)21(26)20(19)23(27)29/h3-12,18-21H,2H2,1H3/t18-,19+,20-,21-/m1/s1. The van der Waals surface area contributed by atoms with Crippen LogP contribution in [0.25, 0.3) is 6.08 Å². The molecule has 0 radical (unpaired) electrons. The molecule has 0 bridgehead atoms. The van der Waals surface area contributed by atoms with Gasteiger partial charge in [-0.1, -0.05) is 24.3 Å². The molecule has 0 spiro atoms. The van der Waals surface area contributed by atoms with Gasteiger partial charge in [-0.3, -0.25) is 9.59 Å². The number of amides is 2. The number of nitrogens with zero attached hydrogens (tertiary/aromatic N) is 3. The summed E-state index contributed by atoms with van der Waals surface area (Å²) in [5.74, 6) is -2.56. The zero-order chi connectivity index (χ0) is 21.7. The first-order valence-corrected chi connectivity index (χ1v) is 10.2. The summed E-state index contributed by atoms with van der Waals surface area (Å²) in [7, 11) is 0. The molecule has 3 aliphatic rings. The van der Waals surface area contributed by atoms with Crippen LogP contribution in [-0.2, 0) is 14.3 Å². The minimum atomic E-state index is -0.747. The third kappa shape index (κ3) is 2.68. The number of carbonyl (C=O) groups excluding carboxylic acids is 3. The van der Waals surface area contributed by atoms with Crippen LogP contribution in [0.1, 0.15) is 34.5 Å². The minimum Gasteiger partial charge on any atom is -0.462 e. The number of fused-ring (bicyclic) bond motifs is 5. The predicted molar refractivity (Wildman–Crippen MR) is 111 cm³/mol. The van der Waals surface area contributed by atoms with E-state index in [9.17, 15) is 19.6 Å². The second-order valence-electron chi connectivity index (χ2n) is 7.74. The van der Waals surface area contributed by atoms with E-state index in [2.05, 4.69) is 6.07 Å². The molecule has 0 aliphatic carbocycles. The van der Waals surface area contributed by atoms with E-state index < -0.39 is 23.8 Å². The number of esters is 1. The highest BCUT2D eigenvalue weighted by Crippen LogP contribution is 2.52. The van der Waals surface area contributed by atoms with Gasteiger partial charge in [0.05, 0.1) is 41.8 Å². The molecule has 7 nitrogen and oxygen atoms in total. The van der Waals surface area contributed by atoms with E-state index in [1.807, 2.05) is 41.4 Å². The van der Waals surface area contributed by atoms with E-state index in [1.165, 1.54) is 12.1 Å². The Morgan fingerprint density at radius 2 is 1.77 bits per heavy atom. The minimum absolute atomic E-state index is 0.260. The molecule has 154 valence electrons. The van der Waals surface area contributed by atoms with Crippen LogP contribution in [-0.4, -0.2) is 35.3 Å². The predicted octanol–water partition coefficient (Wildman–Crippen LogP) is 2.90. The van der Waals surface area contributed by atoms with Gasteiger partial charge in [-0.2, -0.15) is 5.26 Å². The highest BCUT2D eigenvalue weighted by molar-refractivity contribution is 6.23. The van der Waals surface area contributed by atoms with Gasteiger partial charge < -0.3 is 9.64 Å². The fraction of sp³-hybridized carbons (Fsp3) is 0.250. The topological polar surface area (TPSA) is 90.7 Å². The van der Waals surface area contributed by atoms with Crippen molar-refractivity contribution in [3.8, 4) is 6.07 Å². The van der Waals surface area contributed by atoms with E-state index in [1.54, 1.807) is 19.1 Å². The molecule has 0 aromatic heterocycles. The summed E-state index contributed by atoms with van der Waals surface area (Å²) in [4.78, 5) is 41.8. The average molecular weight is 413 g/mol. The Kier molecular flexibility index (Phi) is 4.36. The first kappa shape index (κ1) is 19.1. The molecule has 2 saturated heterocycles. The lowest BCUT2D eigenvalue weighted by Crippen LogP contribution is -2.40. The Morgan fingerprint density at radius 1 is 1.06 bits per heavy atom. The average Bonchev–Trinajstić information content (AvgIpc) is 3.26. The van der Waals surface area contributed by atoms with Crippen molar-refractivity contribution in [2.75, 3.05) is 11.5 Å². The van der Waals surface area contributed by atoms with Crippen LogP contribution < -0.4 is 4.90 Å². The van der Waals surface area contributed by atoms with Gasteiger partial charge in [0.1, 0.15) is 6.04 Å². The molecule has 0 N–H and O–H groups in total. The summed E-state index contributed by atoms with van der Waals surface area (Å²) in [5, 5.41) is 9.85. The number of carbonyl (C=O) groups is 3. The van der Waals surface area contributed by atoms with Crippen molar-refractivity contribution in [2.24, 2.45) is 11.8 Å². The molecule has 5 rings (SSSR count). The zero-order valence-corrected chi connectivity index (χ0v) is 16.8. The quantitative estimate of drug-likeness (QED) is 0.568. The summed E-state index contributed by atoms with van der Waals surface area (Å²) in [6, 6.07) is 15.1. The Bertz CT molecular complexity index is 1160. The number of hydrogen-bond acceptors (Lipinski definition) is 6. The van der Waals surface area contributed by atoms with Crippen LogP contribution in [0.5, 0.6) is 0 Å². The fourth-order valence-corrected chi connectivity index (χ4v) is 4.92. The highest BCUT2D eigenvalue weighted by atomic mass is 16.5. The van der Waals surface area contributed by atoms with E-state index in [0.29, 0.717) is 11.3 Å². The molecule has 2 amide bonds. The van der Waals surface area contributed by atoms with Gasteiger partial charge >= 0.3 is 5.97 Å². The van der Waals surface area contributed by atoms with Crippen molar-refractivity contribution in [2.45, 2.75) is 19.0 Å². The first-order chi connectivity index (χ1) is 15.1. The largest absolute Gasteiger partial charge is 0.462 e. The Morgan fingerprint density at radius 3 is 2.48 bits per heavy atom. The lowest BCUT2D eigenvalue weighted by atomic mass is 9.85. The second kappa shape index (κ2) is 7.10. The zero-order valence-electron chi connectivity index (χ0n) is 16.8. The molecule has 31 heavy (non-hydrogen) atoms. The number of rotatable bonds is 3. The first-order valence-electron chi connectivity index (χ1n) is 10.2. The fourth-order valence-electron chi connectivity index (χ4n) is 4.92. The number of imide groups is 1. The Labute approximate surface area is 179 Å². The van der Waals surface area contributed by atoms with E-state index in [-0.39, 0.29) is 24.5 Å². The summed E-state index contributed by atoms with van der Waals surface area (Å²) in [6.45, 7) is 1.98. The maximum Gasteiger partial charge on any atom is 0.338 e. The molecular formula is C24H19N3O4. The van der Waals surface area contributed by atoms with Gasteiger partial charge in [0, 0.05) is 6.20 Å². The summed E-state index contributed by atoms with van der Waals surface area (Å²) >= 11 is 0.